The minimum atomic E-state index is -4.42. The second-order valence-corrected chi connectivity index (χ2v) is 11.0. The Morgan fingerprint density at radius 3 is 2.19 bits per heavy atom. The number of nitrogens with zero attached hydrogens (tertiary/aromatic N) is 1. The van der Waals surface area contributed by atoms with Crippen LogP contribution in [0.4, 0.5) is 18.9 Å². The van der Waals surface area contributed by atoms with Crippen molar-refractivity contribution in [2.24, 2.45) is 0 Å². The number of halogens is 4. The highest BCUT2D eigenvalue weighted by Crippen LogP contribution is 2.30. The third-order valence-corrected chi connectivity index (χ3v) is 6.30. The van der Waals surface area contributed by atoms with Crippen molar-refractivity contribution in [2.75, 3.05) is 11.9 Å². The van der Waals surface area contributed by atoms with E-state index in [1.165, 1.54) is 11.6 Å². The van der Waals surface area contributed by atoms with E-state index >= 15 is 0 Å². The highest BCUT2D eigenvalue weighted by atomic mass is 35.5. The van der Waals surface area contributed by atoms with E-state index < -0.39 is 11.7 Å². The van der Waals surface area contributed by atoms with E-state index in [1.54, 1.807) is 29.2 Å². The number of rotatable bonds is 8. The predicted molar refractivity (Wildman–Crippen MR) is 145 cm³/mol. The Labute approximate surface area is 222 Å². The summed E-state index contributed by atoms with van der Waals surface area (Å²) in [5, 5.41) is 3.73. The Hall–Kier alpha value is -2.99. The quantitative estimate of drug-likeness (QED) is 0.317. The molecule has 0 saturated carbocycles. The van der Waals surface area contributed by atoms with Crippen molar-refractivity contribution in [3.63, 3.8) is 0 Å². The monoisotopic (exact) mass is 530 g/mol. The van der Waals surface area contributed by atoms with Crippen LogP contribution in [0.3, 0.4) is 0 Å². The van der Waals surface area contributed by atoms with Gasteiger partial charge in [0.1, 0.15) is 0 Å². The number of amides is 1. The zero-order valence-electron chi connectivity index (χ0n) is 21.9. The number of hydrogen-bond acceptors (Lipinski definition) is 2. The van der Waals surface area contributed by atoms with Gasteiger partial charge in [-0.25, -0.2) is 0 Å². The van der Waals surface area contributed by atoms with Gasteiger partial charge in [-0.05, 0) is 66.6 Å². The Kier molecular flexibility index (Phi) is 8.96. The molecular formula is C30H34ClF3N2O. The Morgan fingerprint density at radius 1 is 0.919 bits per heavy atom. The van der Waals surface area contributed by atoms with Crippen LogP contribution in [0.1, 0.15) is 67.2 Å². The lowest BCUT2D eigenvalue weighted by Gasteiger charge is -2.26. The van der Waals surface area contributed by atoms with Crippen LogP contribution in [0.2, 0.25) is 5.02 Å². The van der Waals surface area contributed by atoms with Crippen molar-refractivity contribution in [3.8, 4) is 0 Å². The maximum atomic E-state index is 13.8. The molecule has 0 aliphatic heterocycles. The third kappa shape index (κ3) is 8.00. The summed E-state index contributed by atoms with van der Waals surface area (Å²) in [6.07, 6.45) is -4.14. The molecule has 0 saturated heterocycles. The highest BCUT2D eigenvalue weighted by molar-refractivity contribution is 6.31. The van der Waals surface area contributed by atoms with E-state index in [9.17, 15) is 18.0 Å². The van der Waals surface area contributed by atoms with Crippen molar-refractivity contribution in [1.82, 2.24) is 4.90 Å². The summed E-state index contributed by atoms with van der Waals surface area (Å²) in [6.45, 7) is 10.9. The fourth-order valence-electron chi connectivity index (χ4n) is 4.05. The molecule has 7 heteroatoms. The molecule has 3 rings (SSSR count). The topological polar surface area (TPSA) is 32.3 Å². The molecule has 0 aliphatic rings. The molecule has 0 aliphatic carbocycles. The first-order valence-electron chi connectivity index (χ1n) is 12.3. The molecular weight excluding hydrogens is 497 g/mol. The van der Waals surface area contributed by atoms with Gasteiger partial charge < -0.3 is 10.2 Å². The lowest BCUT2D eigenvalue weighted by Crippen LogP contribution is -2.33. The van der Waals surface area contributed by atoms with Crippen LogP contribution in [-0.4, -0.2) is 23.4 Å². The van der Waals surface area contributed by atoms with E-state index in [0.717, 1.165) is 17.7 Å². The number of hydrogen-bond donors (Lipinski definition) is 1. The van der Waals surface area contributed by atoms with Crippen molar-refractivity contribution < 1.29 is 18.0 Å². The zero-order valence-corrected chi connectivity index (χ0v) is 22.7. The van der Waals surface area contributed by atoms with E-state index in [-0.39, 0.29) is 30.3 Å². The average molecular weight is 531 g/mol. The van der Waals surface area contributed by atoms with Crippen molar-refractivity contribution in [1.29, 1.82) is 0 Å². The molecule has 3 nitrogen and oxygen atoms in total. The Morgan fingerprint density at radius 2 is 1.59 bits per heavy atom. The summed E-state index contributed by atoms with van der Waals surface area (Å²) in [5.74, 6) is -0.238. The first-order valence-corrected chi connectivity index (χ1v) is 12.7. The number of benzene rings is 3. The molecule has 0 atom stereocenters. The van der Waals surface area contributed by atoms with Gasteiger partial charge in [0.05, 0.1) is 11.1 Å². The minimum Gasteiger partial charge on any atom is -0.382 e. The van der Waals surface area contributed by atoms with Crippen LogP contribution in [0.15, 0.2) is 66.7 Å². The predicted octanol–water partition coefficient (Wildman–Crippen LogP) is 8.36. The fourth-order valence-corrected chi connectivity index (χ4v) is 4.22. The molecule has 1 N–H and O–H groups in total. The Balaban J connectivity index is 1.93. The van der Waals surface area contributed by atoms with E-state index in [4.69, 9.17) is 11.6 Å². The summed E-state index contributed by atoms with van der Waals surface area (Å²) >= 11 is 6.25. The summed E-state index contributed by atoms with van der Waals surface area (Å²) in [5.41, 5.74) is 3.02. The molecule has 37 heavy (non-hydrogen) atoms. The highest BCUT2D eigenvalue weighted by Gasteiger charge is 2.30. The fraction of sp³-hybridized carbons (Fsp3) is 0.367. The van der Waals surface area contributed by atoms with Crippen LogP contribution in [0.5, 0.6) is 0 Å². The molecule has 0 spiro atoms. The van der Waals surface area contributed by atoms with E-state index in [2.05, 4.69) is 38.2 Å². The molecule has 1 amide bonds. The molecule has 0 fully saturated rings. The van der Waals surface area contributed by atoms with Crippen LogP contribution < -0.4 is 5.32 Å². The summed E-state index contributed by atoms with van der Waals surface area (Å²) in [7, 11) is 0. The summed E-state index contributed by atoms with van der Waals surface area (Å²) in [6, 6.07) is 18.6. The SMILES string of the molecule is CC(C)Nc1ccc(Cl)cc1C(=O)N(CCc1cccc(C(F)(F)F)c1)Cc1ccc(C(C)(C)C)cc1. The molecule has 3 aromatic carbocycles. The van der Waals surface area contributed by atoms with Crippen molar-refractivity contribution in [3.05, 3.63) is 99.6 Å². The standard InChI is InChI=1S/C30H34ClF3N2O/c1-20(2)35-27-14-13-25(31)18-26(27)28(37)36(19-22-9-11-23(12-10-22)29(3,4)5)16-15-21-7-6-8-24(17-21)30(32,33)34/h6-14,17-18,20,35H,15-16,19H2,1-5H3. The second kappa shape index (κ2) is 11.6. The summed E-state index contributed by atoms with van der Waals surface area (Å²) in [4.78, 5) is 15.5. The maximum Gasteiger partial charge on any atom is 0.416 e. The smallest absolute Gasteiger partial charge is 0.382 e. The molecule has 0 bridgehead atoms. The normalized spacial score (nSPS) is 12.1. The van der Waals surface area contributed by atoms with Gasteiger partial charge in [0.25, 0.3) is 5.91 Å². The molecule has 0 unspecified atom stereocenters. The van der Waals surface area contributed by atoms with Gasteiger partial charge in [-0.1, -0.05) is 74.8 Å². The number of carbonyl (C=O) groups excluding carboxylic acids is 1. The van der Waals surface area contributed by atoms with Crippen LogP contribution in [0.25, 0.3) is 0 Å². The average Bonchev–Trinajstić information content (AvgIpc) is 2.81. The van der Waals surface area contributed by atoms with Gasteiger partial charge in [-0.2, -0.15) is 13.2 Å². The maximum absolute atomic E-state index is 13.8. The van der Waals surface area contributed by atoms with Gasteiger partial charge in [-0.3, -0.25) is 4.79 Å². The second-order valence-electron chi connectivity index (χ2n) is 10.6. The third-order valence-electron chi connectivity index (χ3n) is 6.06. The number of carbonyl (C=O) groups is 1. The minimum absolute atomic E-state index is 0.00423. The summed E-state index contributed by atoms with van der Waals surface area (Å²) < 4.78 is 39.7. The van der Waals surface area contributed by atoms with Crippen LogP contribution in [0, 0.1) is 0 Å². The van der Waals surface area contributed by atoms with Crippen molar-refractivity contribution >= 4 is 23.2 Å². The van der Waals surface area contributed by atoms with Crippen molar-refractivity contribution in [2.45, 2.75) is 65.2 Å². The van der Waals surface area contributed by atoms with Gasteiger partial charge >= 0.3 is 6.18 Å². The molecule has 0 heterocycles. The molecule has 3 aromatic rings. The van der Waals surface area contributed by atoms with Gasteiger partial charge in [0, 0.05) is 29.8 Å². The number of alkyl halides is 3. The van der Waals surface area contributed by atoms with Gasteiger partial charge in [-0.15, -0.1) is 0 Å². The first-order chi connectivity index (χ1) is 17.2. The lowest BCUT2D eigenvalue weighted by molar-refractivity contribution is -0.137. The number of nitrogens with one attached hydrogen (secondary N) is 1. The largest absolute Gasteiger partial charge is 0.416 e. The van der Waals surface area contributed by atoms with Gasteiger partial charge in [0.2, 0.25) is 0 Å². The number of anilines is 1. The van der Waals surface area contributed by atoms with E-state index in [1.807, 2.05) is 26.0 Å². The van der Waals surface area contributed by atoms with Gasteiger partial charge in [0.15, 0.2) is 0 Å². The van der Waals surface area contributed by atoms with E-state index in [0.29, 0.717) is 28.4 Å². The first kappa shape index (κ1) is 28.6. The van der Waals surface area contributed by atoms with Crippen LogP contribution in [-0.2, 0) is 24.6 Å². The lowest BCUT2D eigenvalue weighted by atomic mass is 9.87. The molecule has 0 radical (unpaired) electrons. The molecule has 0 aromatic heterocycles. The zero-order chi connectivity index (χ0) is 27.4. The molecule has 198 valence electrons. The van der Waals surface area contributed by atoms with Crippen LogP contribution >= 0.6 is 11.6 Å². The Bertz CT molecular complexity index is 1210.